The Morgan fingerprint density at radius 1 is 1.25 bits per heavy atom. The molecule has 3 heteroatoms. The van der Waals surface area contributed by atoms with Crippen molar-refractivity contribution in [2.75, 3.05) is 0 Å². The highest BCUT2D eigenvalue weighted by molar-refractivity contribution is 6.30. The number of fused-ring (bicyclic) bond motifs is 1. The summed E-state index contributed by atoms with van der Waals surface area (Å²) in [5.74, 6) is 0.0840. The molecule has 20 heavy (non-hydrogen) atoms. The summed E-state index contributed by atoms with van der Waals surface area (Å²) < 4.78 is 13.8. The minimum absolute atomic E-state index is 0.0772. The normalized spacial score (nSPS) is 18.9. The quantitative estimate of drug-likeness (QED) is 0.905. The summed E-state index contributed by atoms with van der Waals surface area (Å²) in [5, 5.41) is 0.556. The molecule has 104 valence electrons. The lowest BCUT2D eigenvalue weighted by atomic mass is 9.89. The van der Waals surface area contributed by atoms with Gasteiger partial charge in [0.2, 0.25) is 0 Å². The summed E-state index contributed by atoms with van der Waals surface area (Å²) in [6, 6.07) is 13.0. The van der Waals surface area contributed by atoms with Crippen molar-refractivity contribution >= 4 is 11.6 Å². The topological polar surface area (TPSA) is 26.0 Å². The molecule has 0 fully saturated rings. The van der Waals surface area contributed by atoms with Gasteiger partial charge in [0.1, 0.15) is 5.82 Å². The number of aryl methyl sites for hydroxylation is 1. The molecule has 0 amide bonds. The Balaban J connectivity index is 1.81. The molecule has 0 saturated carbocycles. The molecule has 3 rings (SSSR count). The van der Waals surface area contributed by atoms with Gasteiger partial charge in [-0.05, 0) is 60.1 Å². The number of halogens is 2. The predicted octanol–water partition coefficient (Wildman–Crippen LogP) is 4.08. The number of rotatable bonds is 3. The van der Waals surface area contributed by atoms with E-state index in [1.54, 1.807) is 12.1 Å². The highest BCUT2D eigenvalue weighted by Crippen LogP contribution is 2.35. The fourth-order valence-electron chi connectivity index (χ4n) is 3.13. The molecule has 0 bridgehead atoms. The van der Waals surface area contributed by atoms with Crippen LogP contribution < -0.4 is 5.73 Å². The van der Waals surface area contributed by atoms with Crippen LogP contribution in [0.2, 0.25) is 5.02 Å². The Morgan fingerprint density at radius 3 is 2.90 bits per heavy atom. The maximum absolute atomic E-state index is 13.8. The molecule has 0 aliphatic heterocycles. The molecule has 2 aromatic carbocycles. The third kappa shape index (κ3) is 2.58. The van der Waals surface area contributed by atoms with Crippen molar-refractivity contribution in [2.45, 2.75) is 31.2 Å². The Bertz CT molecular complexity index is 626. The minimum atomic E-state index is -0.226. The van der Waals surface area contributed by atoms with Crippen LogP contribution in [0.4, 0.5) is 4.39 Å². The van der Waals surface area contributed by atoms with Crippen molar-refractivity contribution in [1.29, 1.82) is 0 Å². The molecule has 0 spiro atoms. The van der Waals surface area contributed by atoms with Crippen molar-refractivity contribution in [1.82, 2.24) is 0 Å². The largest absolute Gasteiger partial charge is 0.327 e. The van der Waals surface area contributed by atoms with E-state index in [1.165, 1.54) is 17.2 Å². The third-order valence-corrected chi connectivity index (χ3v) is 4.39. The molecule has 2 N–H and O–H groups in total. The smallest absolute Gasteiger partial charge is 0.126 e. The first-order valence-electron chi connectivity index (χ1n) is 6.92. The lowest BCUT2D eigenvalue weighted by Crippen LogP contribution is -2.30. The van der Waals surface area contributed by atoms with Gasteiger partial charge >= 0.3 is 0 Å². The van der Waals surface area contributed by atoms with Crippen LogP contribution in [0.3, 0.4) is 0 Å². The zero-order valence-corrected chi connectivity index (χ0v) is 11.9. The molecular formula is C17H17ClFN. The van der Waals surface area contributed by atoms with Gasteiger partial charge in [0.25, 0.3) is 0 Å². The van der Waals surface area contributed by atoms with Crippen molar-refractivity contribution < 1.29 is 4.39 Å². The summed E-state index contributed by atoms with van der Waals surface area (Å²) in [6.45, 7) is 0. The van der Waals surface area contributed by atoms with E-state index in [1.807, 2.05) is 6.07 Å². The zero-order valence-electron chi connectivity index (χ0n) is 11.2. The maximum atomic E-state index is 13.8. The van der Waals surface area contributed by atoms with Gasteiger partial charge in [0, 0.05) is 11.1 Å². The standard InChI is InChI=1S/C17H17ClFN/c18-13-6-8-16(19)12(9-13)10-17(20)15-7-5-11-3-1-2-4-14(11)15/h1-4,6,8-9,15,17H,5,7,10,20H2. The molecule has 0 heterocycles. The van der Waals surface area contributed by atoms with Crippen LogP contribution in [0.25, 0.3) is 0 Å². The van der Waals surface area contributed by atoms with E-state index in [-0.39, 0.29) is 11.9 Å². The van der Waals surface area contributed by atoms with Gasteiger partial charge in [0.05, 0.1) is 0 Å². The van der Waals surface area contributed by atoms with Gasteiger partial charge in [-0.25, -0.2) is 4.39 Å². The second-order valence-electron chi connectivity index (χ2n) is 5.45. The van der Waals surface area contributed by atoms with Crippen molar-refractivity contribution in [3.63, 3.8) is 0 Å². The van der Waals surface area contributed by atoms with Crippen molar-refractivity contribution in [3.05, 3.63) is 70.0 Å². The molecule has 1 aliphatic rings. The van der Waals surface area contributed by atoms with Crippen LogP contribution in [0.5, 0.6) is 0 Å². The molecule has 0 radical (unpaired) electrons. The molecule has 0 saturated heterocycles. The fraction of sp³-hybridized carbons (Fsp3) is 0.294. The van der Waals surface area contributed by atoms with Crippen LogP contribution >= 0.6 is 11.6 Å². The van der Waals surface area contributed by atoms with E-state index in [0.29, 0.717) is 22.9 Å². The first kappa shape index (κ1) is 13.6. The van der Waals surface area contributed by atoms with Crippen molar-refractivity contribution in [2.24, 2.45) is 5.73 Å². The lowest BCUT2D eigenvalue weighted by Gasteiger charge is -2.20. The van der Waals surface area contributed by atoms with E-state index in [0.717, 1.165) is 12.8 Å². The van der Waals surface area contributed by atoms with Gasteiger partial charge in [-0.2, -0.15) is 0 Å². The molecule has 0 aromatic heterocycles. The monoisotopic (exact) mass is 289 g/mol. The Morgan fingerprint density at radius 2 is 2.05 bits per heavy atom. The fourth-order valence-corrected chi connectivity index (χ4v) is 3.33. The lowest BCUT2D eigenvalue weighted by molar-refractivity contribution is 0.510. The summed E-state index contributed by atoms with van der Waals surface area (Å²) >= 11 is 5.93. The number of hydrogen-bond acceptors (Lipinski definition) is 1. The van der Waals surface area contributed by atoms with Crippen LogP contribution in [0.1, 0.15) is 29.0 Å². The number of benzene rings is 2. The predicted molar refractivity (Wildman–Crippen MR) is 80.6 cm³/mol. The average Bonchev–Trinajstić information content (AvgIpc) is 2.87. The second kappa shape index (κ2) is 5.55. The van der Waals surface area contributed by atoms with Crippen LogP contribution in [0, 0.1) is 5.82 Å². The van der Waals surface area contributed by atoms with E-state index in [2.05, 4.69) is 18.2 Å². The molecule has 2 aromatic rings. The average molecular weight is 290 g/mol. The Labute approximate surface area is 123 Å². The third-order valence-electron chi connectivity index (χ3n) is 4.16. The van der Waals surface area contributed by atoms with Gasteiger partial charge < -0.3 is 5.73 Å². The van der Waals surface area contributed by atoms with Crippen LogP contribution in [-0.4, -0.2) is 6.04 Å². The first-order chi connectivity index (χ1) is 9.65. The highest BCUT2D eigenvalue weighted by atomic mass is 35.5. The molecule has 1 aliphatic carbocycles. The Kier molecular flexibility index (Phi) is 3.77. The van der Waals surface area contributed by atoms with E-state index >= 15 is 0 Å². The van der Waals surface area contributed by atoms with Crippen LogP contribution in [-0.2, 0) is 12.8 Å². The number of nitrogens with two attached hydrogens (primary N) is 1. The molecule has 2 unspecified atom stereocenters. The summed E-state index contributed by atoms with van der Waals surface area (Å²) in [6.07, 6.45) is 2.63. The molecule has 2 atom stereocenters. The molecule has 1 nitrogen and oxygen atoms in total. The van der Waals surface area contributed by atoms with Gasteiger partial charge in [-0.3, -0.25) is 0 Å². The SMILES string of the molecule is NC(Cc1cc(Cl)ccc1F)C1CCc2ccccc21. The van der Waals surface area contributed by atoms with Crippen molar-refractivity contribution in [3.8, 4) is 0 Å². The van der Waals surface area contributed by atoms with Gasteiger partial charge in [-0.1, -0.05) is 35.9 Å². The summed E-state index contributed by atoms with van der Waals surface area (Å²) in [5.41, 5.74) is 9.64. The van der Waals surface area contributed by atoms with E-state index in [4.69, 9.17) is 17.3 Å². The van der Waals surface area contributed by atoms with E-state index < -0.39 is 0 Å². The summed E-state index contributed by atoms with van der Waals surface area (Å²) in [4.78, 5) is 0. The zero-order chi connectivity index (χ0) is 14.1. The minimum Gasteiger partial charge on any atom is -0.327 e. The van der Waals surface area contributed by atoms with Gasteiger partial charge in [0.15, 0.2) is 0 Å². The van der Waals surface area contributed by atoms with E-state index in [9.17, 15) is 4.39 Å². The number of hydrogen-bond donors (Lipinski definition) is 1. The maximum Gasteiger partial charge on any atom is 0.126 e. The van der Waals surface area contributed by atoms with Crippen LogP contribution in [0.15, 0.2) is 42.5 Å². The van der Waals surface area contributed by atoms with Gasteiger partial charge in [-0.15, -0.1) is 0 Å². The Hall–Kier alpha value is -1.38. The highest BCUT2D eigenvalue weighted by Gasteiger charge is 2.27. The summed E-state index contributed by atoms with van der Waals surface area (Å²) in [7, 11) is 0. The molecular weight excluding hydrogens is 273 g/mol. The first-order valence-corrected chi connectivity index (χ1v) is 7.30. The second-order valence-corrected chi connectivity index (χ2v) is 5.88.